The summed E-state index contributed by atoms with van der Waals surface area (Å²) >= 11 is 0. The third-order valence-corrected chi connectivity index (χ3v) is 2.20. The molecule has 1 aromatic carbocycles. The van der Waals surface area contributed by atoms with Gasteiger partial charge in [-0.3, -0.25) is 0 Å². The second-order valence-corrected chi connectivity index (χ2v) is 3.28. The summed E-state index contributed by atoms with van der Waals surface area (Å²) in [6, 6.07) is 8.39. The van der Waals surface area contributed by atoms with E-state index in [2.05, 4.69) is 5.32 Å². The summed E-state index contributed by atoms with van der Waals surface area (Å²) in [5.41, 5.74) is 0.690. The molecule has 0 unspecified atom stereocenters. The van der Waals surface area contributed by atoms with Crippen molar-refractivity contribution in [3.8, 4) is 5.75 Å². The highest BCUT2D eigenvalue weighted by Crippen LogP contribution is 2.20. The van der Waals surface area contributed by atoms with Crippen molar-refractivity contribution in [3.63, 3.8) is 0 Å². The van der Waals surface area contributed by atoms with Gasteiger partial charge in [-0.15, -0.1) is 12.4 Å². The van der Waals surface area contributed by atoms with E-state index < -0.39 is 0 Å². The first-order chi connectivity index (χ1) is 7.79. The van der Waals surface area contributed by atoms with Crippen molar-refractivity contribution in [2.45, 2.75) is 6.54 Å². The van der Waals surface area contributed by atoms with Gasteiger partial charge in [0, 0.05) is 11.8 Å². The van der Waals surface area contributed by atoms with Gasteiger partial charge in [0.1, 0.15) is 5.76 Å². The Morgan fingerprint density at radius 2 is 2.18 bits per heavy atom. The van der Waals surface area contributed by atoms with E-state index in [-0.39, 0.29) is 24.0 Å². The summed E-state index contributed by atoms with van der Waals surface area (Å²) in [5, 5.41) is 3.05. The van der Waals surface area contributed by atoms with Gasteiger partial charge >= 0.3 is 0 Å². The summed E-state index contributed by atoms with van der Waals surface area (Å²) in [5.74, 6) is 0.659. The van der Waals surface area contributed by atoms with Crippen molar-refractivity contribution in [2.75, 3.05) is 12.4 Å². The molecule has 0 radical (unpaired) electrons. The molecule has 2 aromatic rings. The summed E-state index contributed by atoms with van der Waals surface area (Å²) in [4.78, 5) is 0. The van der Waals surface area contributed by atoms with Gasteiger partial charge in [-0.2, -0.15) is 0 Å². The minimum absolute atomic E-state index is 0. The number of anilines is 1. The third kappa shape index (κ3) is 3.39. The van der Waals surface area contributed by atoms with Crippen LogP contribution in [-0.4, -0.2) is 7.11 Å². The van der Waals surface area contributed by atoms with Gasteiger partial charge in [-0.05, 0) is 24.3 Å². The molecule has 5 heteroatoms. The molecule has 0 aliphatic carbocycles. The van der Waals surface area contributed by atoms with E-state index in [1.807, 2.05) is 12.1 Å². The maximum atomic E-state index is 13.3. The van der Waals surface area contributed by atoms with Crippen LogP contribution >= 0.6 is 12.4 Å². The fourth-order valence-electron chi connectivity index (χ4n) is 1.38. The van der Waals surface area contributed by atoms with E-state index in [4.69, 9.17) is 9.15 Å². The zero-order valence-corrected chi connectivity index (χ0v) is 10.1. The molecule has 92 valence electrons. The number of hydrogen-bond donors (Lipinski definition) is 1. The monoisotopic (exact) mass is 257 g/mol. The Hall–Kier alpha value is -1.68. The van der Waals surface area contributed by atoms with Gasteiger partial charge in [0.25, 0.3) is 0 Å². The second-order valence-electron chi connectivity index (χ2n) is 3.28. The zero-order chi connectivity index (χ0) is 11.4. The third-order valence-electron chi connectivity index (χ3n) is 2.20. The Morgan fingerprint density at radius 3 is 2.76 bits per heavy atom. The highest BCUT2D eigenvalue weighted by molar-refractivity contribution is 5.85. The highest BCUT2D eigenvalue weighted by atomic mass is 35.5. The average molecular weight is 258 g/mol. The molecule has 0 aliphatic rings. The van der Waals surface area contributed by atoms with Crippen molar-refractivity contribution < 1.29 is 13.5 Å². The van der Waals surface area contributed by atoms with Gasteiger partial charge in [-0.25, -0.2) is 4.39 Å². The number of benzene rings is 1. The van der Waals surface area contributed by atoms with Gasteiger partial charge in [0.15, 0.2) is 11.6 Å². The van der Waals surface area contributed by atoms with Crippen molar-refractivity contribution in [3.05, 3.63) is 48.2 Å². The van der Waals surface area contributed by atoms with Crippen molar-refractivity contribution >= 4 is 18.1 Å². The Morgan fingerprint density at radius 1 is 1.35 bits per heavy atom. The SMILES string of the molecule is COc1ccc(NCc2ccco2)cc1F.Cl. The van der Waals surface area contributed by atoms with Gasteiger partial charge in [0.2, 0.25) is 0 Å². The summed E-state index contributed by atoms with van der Waals surface area (Å²) in [6.07, 6.45) is 1.60. The number of ether oxygens (including phenoxy) is 1. The van der Waals surface area contributed by atoms with Crippen LogP contribution in [0.1, 0.15) is 5.76 Å². The maximum Gasteiger partial charge on any atom is 0.167 e. The van der Waals surface area contributed by atoms with Crippen LogP contribution in [0.2, 0.25) is 0 Å². The number of halogens is 2. The average Bonchev–Trinajstić information content (AvgIpc) is 2.79. The van der Waals surface area contributed by atoms with E-state index >= 15 is 0 Å². The van der Waals surface area contributed by atoms with Crippen LogP contribution in [0.3, 0.4) is 0 Å². The Bertz CT molecular complexity index is 460. The van der Waals surface area contributed by atoms with Crippen LogP contribution in [0.4, 0.5) is 10.1 Å². The van der Waals surface area contributed by atoms with Crippen LogP contribution in [-0.2, 0) is 6.54 Å². The molecule has 0 aliphatic heterocycles. The normalized spacial score (nSPS) is 9.53. The lowest BCUT2D eigenvalue weighted by atomic mass is 10.3. The van der Waals surface area contributed by atoms with Crippen LogP contribution < -0.4 is 10.1 Å². The molecule has 1 heterocycles. The Balaban J connectivity index is 0.00000144. The van der Waals surface area contributed by atoms with Crippen molar-refractivity contribution in [1.82, 2.24) is 0 Å². The van der Waals surface area contributed by atoms with E-state index in [0.717, 1.165) is 5.76 Å². The first kappa shape index (κ1) is 13.4. The number of furan rings is 1. The van der Waals surface area contributed by atoms with Gasteiger partial charge < -0.3 is 14.5 Å². The van der Waals surface area contributed by atoms with E-state index in [1.54, 1.807) is 18.4 Å². The predicted molar refractivity (Wildman–Crippen MR) is 66.2 cm³/mol. The van der Waals surface area contributed by atoms with Crippen LogP contribution in [0.25, 0.3) is 0 Å². The standard InChI is InChI=1S/C12H12FNO2.ClH/c1-15-12-5-4-9(7-11(12)13)14-8-10-3-2-6-16-10;/h2-7,14H,8H2,1H3;1H. The lowest BCUT2D eigenvalue weighted by Crippen LogP contribution is -1.99. The lowest BCUT2D eigenvalue weighted by molar-refractivity contribution is 0.386. The lowest BCUT2D eigenvalue weighted by Gasteiger charge is -2.06. The second kappa shape index (κ2) is 6.15. The number of methoxy groups -OCH3 is 1. The topological polar surface area (TPSA) is 34.4 Å². The van der Waals surface area contributed by atoms with E-state index in [9.17, 15) is 4.39 Å². The first-order valence-electron chi connectivity index (χ1n) is 4.89. The van der Waals surface area contributed by atoms with Gasteiger partial charge in [-0.1, -0.05) is 0 Å². The van der Waals surface area contributed by atoms with Crippen molar-refractivity contribution in [1.29, 1.82) is 0 Å². The largest absolute Gasteiger partial charge is 0.494 e. The maximum absolute atomic E-state index is 13.3. The molecule has 3 nitrogen and oxygen atoms in total. The fraction of sp³-hybridized carbons (Fsp3) is 0.167. The Labute approximate surface area is 105 Å². The summed E-state index contributed by atoms with van der Waals surface area (Å²) in [7, 11) is 1.44. The molecule has 0 bridgehead atoms. The summed E-state index contributed by atoms with van der Waals surface area (Å²) in [6.45, 7) is 0.527. The number of rotatable bonds is 4. The Kier molecular flexibility index (Phi) is 4.84. The molecular weight excluding hydrogens is 245 g/mol. The molecule has 0 spiro atoms. The predicted octanol–water partition coefficient (Wildman–Crippen LogP) is 3.46. The molecule has 1 aromatic heterocycles. The number of hydrogen-bond acceptors (Lipinski definition) is 3. The molecule has 0 atom stereocenters. The molecule has 1 N–H and O–H groups in total. The quantitative estimate of drug-likeness (QED) is 0.911. The van der Waals surface area contributed by atoms with Gasteiger partial charge in [0.05, 0.1) is 19.9 Å². The summed E-state index contributed by atoms with van der Waals surface area (Å²) < 4.78 is 23.3. The molecule has 2 rings (SSSR count). The first-order valence-corrected chi connectivity index (χ1v) is 4.89. The van der Waals surface area contributed by atoms with Crippen molar-refractivity contribution in [2.24, 2.45) is 0 Å². The van der Waals surface area contributed by atoms with Crippen LogP contribution in [0.5, 0.6) is 5.75 Å². The highest BCUT2D eigenvalue weighted by Gasteiger charge is 2.03. The molecule has 0 fully saturated rings. The zero-order valence-electron chi connectivity index (χ0n) is 9.27. The number of nitrogens with one attached hydrogen (secondary N) is 1. The molecule has 0 amide bonds. The molecular formula is C12H13ClFNO2. The molecule has 0 saturated heterocycles. The van der Waals surface area contributed by atoms with E-state index in [1.165, 1.54) is 13.2 Å². The minimum atomic E-state index is -0.382. The smallest absolute Gasteiger partial charge is 0.167 e. The van der Waals surface area contributed by atoms with E-state index in [0.29, 0.717) is 12.2 Å². The minimum Gasteiger partial charge on any atom is -0.494 e. The van der Waals surface area contributed by atoms with Crippen LogP contribution in [0, 0.1) is 5.82 Å². The van der Waals surface area contributed by atoms with Crippen LogP contribution in [0.15, 0.2) is 41.0 Å². The molecule has 17 heavy (non-hydrogen) atoms. The fourth-order valence-corrected chi connectivity index (χ4v) is 1.38. The molecule has 0 saturated carbocycles.